The lowest BCUT2D eigenvalue weighted by Gasteiger charge is -2.47. The minimum absolute atomic E-state index is 0.0290. The molecule has 0 saturated carbocycles. The molecule has 6 nitrogen and oxygen atoms in total. The molecule has 2 atom stereocenters. The van der Waals surface area contributed by atoms with Crippen molar-refractivity contribution in [1.29, 1.82) is 0 Å². The molecule has 2 aromatic rings. The molecule has 2 N–H and O–H groups in total. The summed E-state index contributed by atoms with van der Waals surface area (Å²) in [6.45, 7) is 1.33. The molecule has 3 amide bonds. The van der Waals surface area contributed by atoms with Crippen LogP contribution in [0.25, 0.3) is 0 Å². The van der Waals surface area contributed by atoms with Crippen LogP contribution in [0.1, 0.15) is 11.1 Å². The number of carbonyl (C=O) groups excluding carboxylic acids is 2. The summed E-state index contributed by atoms with van der Waals surface area (Å²) in [7, 11) is 0. The second kappa shape index (κ2) is 7.87. The number of fused-ring (bicyclic) bond motifs is 1. The summed E-state index contributed by atoms with van der Waals surface area (Å²) < 4.78 is 14.3. The predicted octanol–water partition coefficient (Wildman–Crippen LogP) is 2.33. The zero-order valence-electron chi connectivity index (χ0n) is 15.1. The second-order valence-electron chi connectivity index (χ2n) is 6.85. The van der Waals surface area contributed by atoms with Crippen LogP contribution in [0.4, 0.5) is 9.18 Å². The maximum Gasteiger partial charge on any atom is 0.328 e. The first-order chi connectivity index (χ1) is 13.6. The van der Waals surface area contributed by atoms with E-state index < -0.39 is 24.1 Å². The number of halogens is 2. The van der Waals surface area contributed by atoms with Gasteiger partial charge in [-0.05, 0) is 17.7 Å². The summed E-state index contributed by atoms with van der Waals surface area (Å²) in [6, 6.07) is 12.7. The number of benzene rings is 2. The van der Waals surface area contributed by atoms with Gasteiger partial charge in [-0.25, -0.2) is 9.18 Å². The van der Waals surface area contributed by atoms with Crippen LogP contribution in [0.5, 0.6) is 0 Å². The number of nitrogens with one attached hydrogen (secondary N) is 2. The van der Waals surface area contributed by atoms with Gasteiger partial charge in [0.15, 0.2) is 0 Å². The van der Waals surface area contributed by atoms with Gasteiger partial charge >= 0.3 is 6.03 Å². The molecule has 28 heavy (non-hydrogen) atoms. The van der Waals surface area contributed by atoms with E-state index in [2.05, 4.69) is 10.6 Å². The Morgan fingerprint density at radius 2 is 1.75 bits per heavy atom. The Bertz CT molecular complexity index is 875. The average Bonchev–Trinajstić information content (AvgIpc) is 2.71. The summed E-state index contributed by atoms with van der Waals surface area (Å²) >= 11 is 6.17. The van der Waals surface area contributed by atoms with Crippen molar-refractivity contribution in [2.45, 2.75) is 25.3 Å². The lowest BCUT2D eigenvalue weighted by atomic mass is 10.0. The number of carbonyl (C=O) groups is 2. The number of rotatable bonds is 4. The maximum atomic E-state index is 14.3. The zero-order valence-corrected chi connectivity index (χ0v) is 15.8. The topological polar surface area (TPSA) is 64.7 Å². The molecule has 2 fully saturated rings. The van der Waals surface area contributed by atoms with Gasteiger partial charge in [-0.1, -0.05) is 48.0 Å². The number of nitrogens with zero attached hydrogens (tertiary/aromatic N) is 2. The summed E-state index contributed by atoms with van der Waals surface area (Å²) in [5.74, 6) is -0.769. The molecular weight excluding hydrogens is 383 g/mol. The SMILES string of the molecule is O=C1C2NCCNC2N(Cc2c(F)cccc2Cl)C(=O)N1Cc1ccccc1. The third-order valence-corrected chi connectivity index (χ3v) is 5.43. The van der Waals surface area contributed by atoms with Crippen molar-refractivity contribution in [3.8, 4) is 0 Å². The monoisotopic (exact) mass is 402 g/mol. The number of hydrogen-bond acceptors (Lipinski definition) is 4. The molecule has 0 radical (unpaired) electrons. The molecule has 2 saturated heterocycles. The first-order valence-electron chi connectivity index (χ1n) is 9.12. The van der Waals surface area contributed by atoms with Crippen molar-refractivity contribution >= 4 is 23.5 Å². The zero-order chi connectivity index (χ0) is 19.7. The summed E-state index contributed by atoms with van der Waals surface area (Å²) in [5, 5.41) is 6.63. The molecule has 2 unspecified atom stereocenters. The molecule has 2 aliphatic heterocycles. The van der Waals surface area contributed by atoms with E-state index >= 15 is 0 Å². The number of piperazine rings is 1. The number of hydrogen-bond donors (Lipinski definition) is 2. The molecule has 146 valence electrons. The molecule has 4 rings (SSSR count). The van der Waals surface area contributed by atoms with Crippen LogP contribution in [-0.2, 0) is 17.9 Å². The van der Waals surface area contributed by atoms with Crippen LogP contribution in [0.3, 0.4) is 0 Å². The van der Waals surface area contributed by atoms with Crippen LogP contribution in [0.15, 0.2) is 48.5 Å². The molecule has 2 heterocycles. The highest BCUT2D eigenvalue weighted by atomic mass is 35.5. The fourth-order valence-electron chi connectivity index (χ4n) is 3.66. The molecule has 8 heteroatoms. The van der Waals surface area contributed by atoms with Gasteiger partial charge in [-0.15, -0.1) is 0 Å². The summed E-state index contributed by atoms with van der Waals surface area (Å²) in [5.41, 5.74) is 1.08. The molecule has 0 spiro atoms. The first kappa shape index (κ1) is 18.9. The number of amides is 3. The highest BCUT2D eigenvalue weighted by molar-refractivity contribution is 6.31. The highest BCUT2D eigenvalue weighted by Gasteiger charge is 2.47. The Balaban J connectivity index is 1.67. The van der Waals surface area contributed by atoms with Gasteiger partial charge in [0.2, 0.25) is 0 Å². The third kappa shape index (κ3) is 3.48. The van der Waals surface area contributed by atoms with E-state index in [0.717, 1.165) is 5.56 Å². The minimum atomic E-state index is -0.597. The van der Waals surface area contributed by atoms with Crippen molar-refractivity contribution in [3.05, 3.63) is 70.5 Å². The van der Waals surface area contributed by atoms with Crippen LogP contribution in [0, 0.1) is 5.82 Å². The Morgan fingerprint density at radius 3 is 2.50 bits per heavy atom. The Labute approximate surface area is 167 Å². The second-order valence-corrected chi connectivity index (χ2v) is 7.26. The van der Waals surface area contributed by atoms with Gasteiger partial charge in [0.25, 0.3) is 5.91 Å². The van der Waals surface area contributed by atoms with Gasteiger partial charge in [0.05, 0.1) is 13.1 Å². The van der Waals surface area contributed by atoms with E-state index in [0.29, 0.717) is 13.1 Å². The number of urea groups is 1. The summed E-state index contributed by atoms with van der Waals surface area (Å²) in [4.78, 5) is 28.9. The van der Waals surface area contributed by atoms with Gasteiger partial charge in [0, 0.05) is 23.7 Å². The molecular formula is C20H20ClFN4O2. The van der Waals surface area contributed by atoms with Crippen molar-refractivity contribution in [3.63, 3.8) is 0 Å². The lowest BCUT2D eigenvalue weighted by molar-refractivity contribution is -0.138. The Kier molecular flexibility index (Phi) is 5.30. The van der Waals surface area contributed by atoms with E-state index in [9.17, 15) is 14.0 Å². The smallest absolute Gasteiger partial charge is 0.302 e. The van der Waals surface area contributed by atoms with E-state index in [4.69, 9.17) is 11.6 Å². The van der Waals surface area contributed by atoms with Crippen LogP contribution >= 0.6 is 11.6 Å². The largest absolute Gasteiger partial charge is 0.328 e. The summed E-state index contributed by atoms with van der Waals surface area (Å²) in [6.07, 6.45) is -0.559. The average molecular weight is 403 g/mol. The van der Waals surface area contributed by atoms with Crippen molar-refractivity contribution < 1.29 is 14.0 Å². The Morgan fingerprint density at radius 1 is 1.00 bits per heavy atom. The highest BCUT2D eigenvalue weighted by Crippen LogP contribution is 2.26. The van der Waals surface area contributed by atoms with Crippen molar-refractivity contribution in [1.82, 2.24) is 20.4 Å². The maximum absolute atomic E-state index is 14.3. The van der Waals surface area contributed by atoms with E-state index in [1.165, 1.54) is 21.9 Å². The standard InChI is InChI=1S/C20H20ClFN4O2/c21-15-7-4-8-16(22)14(15)12-25-18-17(23-9-10-24-18)19(27)26(20(25)28)11-13-5-2-1-3-6-13/h1-8,17-18,23-24H,9-12H2. The van der Waals surface area contributed by atoms with Crippen LogP contribution in [-0.4, -0.2) is 47.0 Å². The van der Waals surface area contributed by atoms with Gasteiger partial charge in [0.1, 0.15) is 18.0 Å². The number of imide groups is 1. The fraction of sp³-hybridized carbons (Fsp3) is 0.300. The molecule has 0 bridgehead atoms. The van der Waals surface area contributed by atoms with E-state index in [1.54, 1.807) is 6.07 Å². The molecule has 0 aromatic heterocycles. The Hall–Kier alpha value is -2.48. The third-order valence-electron chi connectivity index (χ3n) is 5.08. The van der Waals surface area contributed by atoms with Gasteiger partial charge in [-0.3, -0.25) is 15.0 Å². The normalized spacial score (nSPS) is 22.4. The van der Waals surface area contributed by atoms with Crippen molar-refractivity contribution in [2.75, 3.05) is 13.1 Å². The van der Waals surface area contributed by atoms with Gasteiger partial charge < -0.3 is 10.2 Å². The van der Waals surface area contributed by atoms with Crippen LogP contribution < -0.4 is 10.6 Å². The predicted molar refractivity (Wildman–Crippen MR) is 103 cm³/mol. The quantitative estimate of drug-likeness (QED) is 0.824. The fourth-order valence-corrected chi connectivity index (χ4v) is 3.88. The van der Waals surface area contributed by atoms with Gasteiger partial charge in [-0.2, -0.15) is 0 Å². The first-order valence-corrected chi connectivity index (χ1v) is 9.49. The van der Waals surface area contributed by atoms with Crippen molar-refractivity contribution in [2.24, 2.45) is 0 Å². The lowest BCUT2D eigenvalue weighted by Crippen LogP contribution is -2.74. The minimum Gasteiger partial charge on any atom is -0.302 e. The molecule has 0 aliphatic carbocycles. The van der Waals surface area contributed by atoms with E-state index in [1.807, 2.05) is 30.3 Å². The van der Waals surface area contributed by atoms with E-state index in [-0.39, 0.29) is 29.6 Å². The van der Waals surface area contributed by atoms with Crippen LogP contribution in [0.2, 0.25) is 5.02 Å². The molecule has 2 aliphatic rings. The molecule has 2 aromatic carbocycles.